The van der Waals surface area contributed by atoms with Crippen LogP contribution in [0.1, 0.15) is 16.7 Å². The molecule has 2 heteroatoms. The summed E-state index contributed by atoms with van der Waals surface area (Å²) in [5.74, 6) is 0. The lowest BCUT2D eigenvalue weighted by Crippen LogP contribution is -1.98. The van der Waals surface area contributed by atoms with Gasteiger partial charge in [-0.15, -0.1) is 0 Å². The Morgan fingerprint density at radius 1 is 1.46 bits per heavy atom. The van der Waals surface area contributed by atoms with Crippen molar-refractivity contribution < 1.29 is 0 Å². The maximum atomic E-state index is 8.44. The Bertz CT molecular complexity index is 384. The molecule has 0 radical (unpaired) electrons. The third kappa shape index (κ3) is 2.09. The standard InChI is InChI=1S/C11H12N2/c1-8-3-4-10(9(2)7-8)11(13)5-6-12/h3-5,7H,13H2,1-2H3/b11-5+. The van der Waals surface area contributed by atoms with Gasteiger partial charge in [0.05, 0.1) is 6.07 Å². The van der Waals surface area contributed by atoms with Crippen LogP contribution in [0.3, 0.4) is 0 Å². The Hall–Kier alpha value is -1.75. The predicted molar refractivity (Wildman–Crippen MR) is 53.7 cm³/mol. The van der Waals surface area contributed by atoms with Crippen LogP contribution in [0, 0.1) is 25.2 Å². The van der Waals surface area contributed by atoms with Gasteiger partial charge in [-0.2, -0.15) is 5.26 Å². The molecule has 0 aliphatic carbocycles. The molecule has 0 spiro atoms. The first-order chi connectivity index (χ1) is 6.15. The Morgan fingerprint density at radius 3 is 2.69 bits per heavy atom. The highest BCUT2D eigenvalue weighted by atomic mass is 14.6. The second-order valence-electron chi connectivity index (χ2n) is 3.05. The summed E-state index contributed by atoms with van der Waals surface area (Å²) in [4.78, 5) is 0. The first kappa shape index (κ1) is 9.34. The summed E-state index contributed by atoms with van der Waals surface area (Å²) < 4.78 is 0. The van der Waals surface area contributed by atoms with E-state index >= 15 is 0 Å². The molecule has 66 valence electrons. The van der Waals surface area contributed by atoms with Gasteiger partial charge in [-0.1, -0.05) is 23.8 Å². The van der Waals surface area contributed by atoms with Gasteiger partial charge < -0.3 is 5.73 Å². The van der Waals surface area contributed by atoms with E-state index in [9.17, 15) is 0 Å². The van der Waals surface area contributed by atoms with Gasteiger partial charge >= 0.3 is 0 Å². The number of nitrogens with zero attached hydrogens (tertiary/aromatic N) is 1. The number of benzene rings is 1. The van der Waals surface area contributed by atoms with E-state index in [0.717, 1.165) is 11.1 Å². The molecule has 13 heavy (non-hydrogen) atoms. The summed E-state index contributed by atoms with van der Waals surface area (Å²) in [6.45, 7) is 4.02. The smallest absolute Gasteiger partial charge is 0.0933 e. The molecule has 0 aliphatic heterocycles. The average Bonchev–Trinajstić information content (AvgIpc) is 2.04. The first-order valence-corrected chi connectivity index (χ1v) is 4.08. The molecular weight excluding hydrogens is 160 g/mol. The van der Waals surface area contributed by atoms with Gasteiger partial charge in [0, 0.05) is 17.3 Å². The van der Waals surface area contributed by atoms with Gasteiger partial charge in [0.1, 0.15) is 0 Å². The minimum Gasteiger partial charge on any atom is -0.398 e. The minimum atomic E-state index is 0.528. The van der Waals surface area contributed by atoms with E-state index in [-0.39, 0.29) is 0 Å². The molecule has 0 aromatic heterocycles. The molecule has 0 amide bonds. The number of rotatable bonds is 1. The molecule has 0 aliphatic rings. The Labute approximate surface area is 78.3 Å². The maximum Gasteiger partial charge on any atom is 0.0933 e. The molecule has 2 nitrogen and oxygen atoms in total. The van der Waals surface area contributed by atoms with Crippen LogP contribution in [0.5, 0.6) is 0 Å². The van der Waals surface area contributed by atoms with Crippen molar-refractivity contribution in [3.05, 3.63) is 41.0 Å². The van der Waals surface area contributed by atoms with Crippen LogP contribution >= 0.6 is 0 Å². The van der Waals surface area contributed by atoms with Crippen LogP contribution in [0.15, 0.2) is 24.3 Å². The molecule has 0 atom stereocenters. The number of aryl methyl sites for hydroxylation is 2. The van der Waals surface area contributed by atoms with E-state index in [1.165, 1.54) is 11.6 Å². The van der Waals surface area contributed by atoms with Gasteiger partial charge in [-0.25, -0.2) is 0 Å². The SMILES string of the molecule is Cc1ccc(/C(N)=C\C#N)c(C)c1. The zero-order chi connectivity index (χ0) is 9.84. The highest BCUT2D eigenvalue weighted by Gasteiger charge is 2.00. The topological polar surface area (TPSA) is 49.8 Å². The zero-order valence-corrected chi connectivity index (χ0v) is 7.83. The fourth-order valence-electron chi connectivity index (χ4n) is 1.28. The second kappa shape index (κ2) is 3.77. The highest BCUT2D eigenvalue weighted by Crippen LogP contribution is 2.15. The first-order valence-electron chi connectivity index (χ1n) is 4.08. The van der Waals surface area contributed by atoms with Crippen molar-refractivity contribution >= 4 is 5.70 Å². The second-order valence-corrected chi connectivity index (χ2v) is 3.05. The molecule has 1 aromatic carbocycles. The predicted octanol–water partition coefficient (Wildman–Crippen LogP) is 2.13. The average molecular weight is 172 g/mol. The van der Waals surface area contributed by atoms with Crippen molar-refractivity contribution in [2.24, 2.45) is 5.73 Å². The summed E-state index contributed by atoms with van der Waals surface area (Å²) in [6.07, 6.45) is 1.36. The Kier molecular flexibility index (Phi) is 2.71. The van der Waals surface area contributed by atoms with E-state index in [2.05, 4.69) is 0 Å². The van der Waals surface area contributed by atoms with Crippen LogP contribution in [0.2, 0.25) is 0 Å². The summed E-state index contributed by atoms with van der Waals surface area (Å²) in [7, 11) is 0. The van der Waals surface area contributed by atoms with Crippen molar-refractivity contribution in [1.82, 2.24) is 0 Å². The van der Waals surface area contributed by atoms with Gasteiger partial charge in [0.15, 0.2) is 0 Å². The lowest BCUT2D eigenvalue weighted by Gasteiger charge is -2.05. The third-order valence-corrected chi connectivity index (χ3v) is 1.91. The molecule has 0 unspecified atom stereocenters. The molecular formula is C11H12N2. The molecule has 0 fully saturated rings. The number of allylic oxidation sites excluding steroid dienone is 1. The van der Waals surface area contributed by atoms with E-state index in [1.807, 2.05) is 38.1 Å². The Balaban J connectivity index is 3.18. The van der Waals surface area contributed by atoms with Crippen molar-refractivity contribution in [2.75, 3.05) is 0 Å². The number of nitriles is 1. The summed E-state index contributed by atoms with van der Waals surface area (Å²) in [5, 5.41) is 8.44. The largest absolute Gasteiger partial charge is 0.398 e. The van der Waals surface area contributed by atoms with Crippen molar-refractivity contribution in [3.63, 3.8) is 0 Å². The van der Waals surface area contributed by atoms with Crippen LogP contribution in [-0.2, 0) is 0 Å². The summed E-state index contributed by atoms with van der Waals surface area (Å²) >= 11 is 0. The van der Waals surface area contributed by atoms with Gasteiger partial charge in [0.25, 0.3) is 0 Å². The van der Waals surface area contributed by atoms with Crippen LogP contribution in [0.4, 0.5) is 0 Å². The van der Waals surface area contributed by atoms with Crippen molar-refractivity contribution in [3.8, 4) is 6.07 Å². The lowest BCUT2D eigenvalue weighted by molar-refractivity contribution is 1.34. The molecule has 0 saturated carbocycles. The number of hydrogen-bond acceptors (Lipinski definition) is 2. The van der Waals surface area contributed by atoms with Crippen molar-refractivity contribution in [1.29, 1.82) is 5.26 Å². The fraction of sp³-hybridized carbons (Fsp3) is 0.182. The minimum absolute atomic E-state index is 0.528. The van der Waals surface area contributed by atoms with Crippen molar-refractivity contribution in [2.45, 2.75) is 13.8 Å². The monoisotopic (exact) mass is 172 g/mol. The molecule has 0 heterocycles. The fourth-order valence-corrected chi connectivity index (χ4v) is 1.28. The Morgan fingerprint density at radius 2 is 2.15 bits per heavy atom. The van der Waals surface area contributed by atoms with E-state index < -0.39 is 0 Å². The van der Waals surface area contributed by atoms with Crippen LogP contribution < -0.4 is 5.73 Å². The maximum absolute atomic E-state index is 8.44. The summed E-state index contributed by atoms with van der Waals surface area (Å²) in [5.41, 5.74) is 9.46. The van der Waals surface area contributed by atoms with Gasteiger partial charge in [-0.05, 0) is 19.4 Å². The molecule has 1 rings (SSSR count). The van der Waals surface area contributed by atoms with Gasteiger partial charge in [-0.3, -0.25) is 0 Å². The number of hydrogen-bond donors (Lipinski definition) is 1. The van der Waals surface area contributed by atoms with E-state index in [4.69, 9.17) is 11.0 Å². The van der Waals surface area contributed by atoms with E-state index in [1.54, 1.807) is 0 Å². The number of nitrogens with two attached hydrogens (primary N) is 1. The molecule has 1 aromatic rings. The third-order valence-electron chi connectivity index (χ3n) is 1.91. The molecule has 0 bridgehead atoms. The molecule has 2 N–H and O–H groups in total. The van der Waals surface area contributed by atoms with E-state index in [0.29, 0.717) is 5.70 Å². The molecule has 0 saturated heterocycles. The van der Waals surface area contributed by atoms with Crippen LogP contribution in [-0.4, -0.2) is 0 Å². The lowest BCUT2D eigenvalue weighted by atomic mass is 10.0. The van der Waals surface area contributed by atoms with Crippen LogP contribution in [0.25, 0.3) is 5.70 Å². The summed E-state index contributed by atoms with van der Waals surface area (Å²) in [6, 6.07) is 7.89. The van der Waals surface area contributed by atoms with Gasteiger partial charge in [0.2, 0.25) is 0 Å². The quantitative estimate of drug-likeness (QED) is 0.660. The zero-order valence-electron chi connectivity index (χ0n) is 7.83. The normalized spacial score (nSPS) is 11.0. The highest BCUT2D eigenvalue weighted by molar-refractivity contribution is 5.67.